The lowest BCUT2D eigenvalue weighted by molar-refractivity contribution is -0.122. The number of nitrogens with one attached hydrogen (secondary N) is 2. The molecule has 2 amide bonds. The quantitative estimate of drug-likeness (QED) is 0.581. The van der Waals surface area contributed by atoms with E-state index in [9.17, 15) is 14.0 Å². The van der Waals surface area contributed by atoms with Crippen molar-refractivity contribution < 1.29 is 14.0 Å². The van der Waals surface area contributed by atoms with Crippen LogP contribution in [0.1, 0.15) is 42.1 Å². The Labute approximate surface area is 187 Å². The van der Waals surface area contributed by atoms with E-state index in [4.69, 9.17) is 0 Å². The maximum atomic E-state index is 13.1. The third kappa shape index (κ3) is 7.33. The van der Waals surface area contributed by atoms with Gasteiger partial charge >= 0.3 is 0 Å². The van der Waals surface area contributed by atoms with E-state index in [1.165, 1.54) is 23.9 Å². The highest BCUT2D eigenvalue weighted by atomic mass is 32.2. The highest BCUT2D eigenvalue weighted by Gasteiger charge is 2.23. The van der Waals surface area contributed by atoms with E-state index in [0.29, 0.717) is 29.4 Å². The number of carbonyl (C=O) groups is 2. The summed E-state index contributed by atoms with van der Waals surface area (Å²) in [6.45, 7) is 4.71. The average molecular weight is 445 g/mol. The number of thioether (sulfide) groups is 1. The lowest BCUT2D eigenvalue weighted by Gasteiger charge is -2.31. The smallest absolute Gasteiger partial charge is 0.254 e. The van der Waals surface area contributed by atoms with Gasteiger partial charge < -0.3 is 10.6 Å². The molecule has 0 unspecified atom stereocenters. The summed E-state index contributed by atoms with van der Waals surface area (Å²) in [6, 6.07) is 9.96. The van der Waals surface area contributed by atoms with Crippen LogP contribution in [-0.4, -0.2) is 53.9 Å². The molecule has 166 valence electrons. The van der Waals surface area contributed by atoms with E-state index < -0.39 is 0 Å². The number of nitrogens with zero attached hydrogens (tertiary/aromatic N) is 2. The van der Waals surface area contributed by atoms with Gasteiger partial charge in [-0.1, -0.05) is 19.1 Å². The van der Waals surface area contributed by atoms with Crippen molar-refractivity contribution in [1.82, 2.24) is 20.5 Å². The zero-order valence-corrected chi connectivity index (χ0v) is 18.6. The van der Waals surface area contributed by atoms with E-state index in [1.54, 1.807) is 30.5 Å². The number of aromatic nitrogens is 1. The van der Waals surface area contributed by atoms with Crippen LogP contribution >= 0.6 is 11.8 Å². The molecule has 1 aromatic carbocycles. The molecule has 0 aliphatic carbocycles. The van der Waals surface area contributed by atoms with Crippen LogP contribution in [-0.2, 0) is 10.5 Å². The first-order valence-corrected chi connectivity index (χ1v) is 11.7. The molecule has 0 saturated carbocycles. The fourth-order valence-electron chi connectivity index (χ4n) is 3.43. The second kappa shape index (κ2) is 11.8. The summed E-state index contributed by atoms with van der Waals surface area (Å²) in [4.78, 5) is 31.3. The first-order chi connectivity index (χ1) is 15.0. The van der Waals surface area contributed by atoms with Gasteiger partial charge in [0, 0.05) is 37.6 Å². The fraction of sp³-hybridized carbons (Fsp3) is 0.435. The van der Waals surface area contributed by atoms with Gasteiger partial charge in [0.25, 0.3) is 5.91 Å². The molecule has 1 aliphatic heterocycles. The predicted molar refractivity (Wildman–Crippen MR) is 120 cm³/mol. The van der Waals surface area contributed by atoms with Crippen molar-refractivity contribution in [3.63, 3.8) is 0 Å². The Hall–Kier alpha value is -2.45. The van der Waals surface area contributed by atoms with Crippen molar-refractivity contribution in [2.75, 3.05) is 26.2 Å². The molecular formula is C23H29FN4O2S. The molecule has 6 nitrogen and oxygen atoms in total. The van der Waals surface area contributed by atoms with E-state index >= 15 is 0 Å². The Kier molecular flexibility index (Phi) is 8.85. The first kappa shape index (κ1) is 23.2. The summed E-state index contributed by atoms with van der Waals surface area (Å²) in [5.74, 6) is 0.270. The van der Waals surface area contributed by atoms with Crippen molar-refractivity contribution in [3.05, 3.63) is 59.5 Å². The van der Waals surface area contributed by atoms with Crippen molar-refractivity contribution in [3.8, 4) is 0 Å². The van der Waals surface area contributed by atoms with E-state index in [2.05, 4.69) is 20.5 Å². The van der Waals surface area contributed by atoms with Gasteiger partial charge in [0.1, 0.15) is 10.8 Å². The van der Waals surface area contributed by atoms with Crippen LogP contribution in [0.3, 0.4) is 0 Å². The van der Waals surface area contributed by atoms with Gasteiger partial charge in [-0.15, -0.1) is 11.8 Å². The van der Waals surface area contributed by atoms with Crippen molar-refractivity contribution >= 4 is 23.6 Å². The Morgan fingerprint density at radius 1 is 1.19 bits per heavy atom. The standard InChI is InChI=1S/C23H29FN4O2S/c1-2-11-25-21(29)15-28-13-9-19(10-14-28)27-22(30)20-4-3-12-26-23(20)31-16-17-5-7-18(24)8-6-17/h3-8,12,19H,2,9-11,13-16H2,1H3,(H,25,29)(H,27,30). The van der Waals surface area contributed by atoms with Crippen LogP contribution in [0.5, 0.6) is 0 Å². The minimum absolute atomic E-state index is 0.0579. The SMILES string of the molecule is CCCNC(=O)CN1CCC(NC(=O)c2cccnc2SCc2ccc(F)cc2)CC1. The molecular weight excluding hydrogens is 415 g/mol. The van der Waals surface area contributed by atoms with E-state index in [0.717, 1.165) is 37.9 Å². The van der Waals surface area contributed by atoms with Gasteiger partial charge in [-0.2, -0.15) is 0 Å². The summed E-state index contributed by atoms with van der Waals surface area (Å²) < 4.78 is 13.1. The van der Waals surface area contributed by atoms with Crippen LogP contribution in [0.2, 0.25) is 0 Å². The molecule has 1 aromatic heterocycles. The Bertz CT molecular complexity index is 870. The largest absolute Gasteiger partial charge is 0.355 e. The highest BCUT2D eigenvalue weighted by Crippen LogP contribution is 2.24. The third-order valence-electron chi connectivity index (χ3n) is 5.17. The number of carbonyl (C=O) groups excluding carboxylic acids is 2. The first-order valence-electron chi connectivity index (χ1n) is 10.7. The molecule has 0 bridgehead atoms. The summed E-state index contributed by atoms with van der Waals surface area (Å²) in [6.07, 6.45) is 4.22. The topological polar surface area (TPSA) is 74.3 Å². The van der Waals surface area contributed by atoms with Crippen molar-refractivity contribution in [2.45, 2.75) is 43.0 Å². The van der Waals surface area contributed by atoms with Gasteiger partial charge in [0.2, 0.25) is 5.91 Å². The molecule has 0 atom stereocenters. The summed E-state index contributed by atoms with van der Waals surface area (Å²) in [5, 5.41) is 6.68. The van der Waals surface area contributed by atoms with Gasteiger partial charge in [0.15, 0.2) is 0 Å². The van der Waals surface area contributed by atoms with Crippen LogP contribution in [0.25, 0.3) is 0 Å². The number of benzene rings is 1. The molecule has 2 heterocycles. The minimum atomic E-state index is -0.265. The number of halogens is 1. The molecule has 31 heavy (non-hydrogen) atoms. The number of hydrogen-bond acceptors (Lipinski definition) is 5. The van der Waals surface area contributed by atoms with E-state index in [1.807, 2.05) is 6.92 Å². The lowest BCUT2D eigenvalue weighted by atomic mass is 10.0. The van der Waals surface area contributed by atoms with Crippen LogP contribution in [0.15, 0.2) is 47.6 Å². The third-order valence-corrected chi connectivity index (χ3v) is 6.24. The van der Waals surface area contributed by atoms with Gasteiger partial charge in [-0.05, 0) is 49.1 Å². The van der Waals surface area contributed by atoms with E-state index in [-0.39, 0.29) is 23.7 Å². The second-order valence-electron chi connectivity index (χ2n) is 7.65. The van der Waals surface area contributed by atoms with Gasteiger partial charge in [-0.3, -0.25) is 14.5 Å². The Balaban J connectivity index is 1.50. The number of hydrogen-bond donors (Lipinski definition) is 2. The average Bonchev–Trinajstić information content (AvgIpc) is 2.79. The Morgan fingerprint density at radius 2 is 1.94 bits per heavy atom. The molecule has 1 fully saturated rings. The Morgan fingerprint density at radius 3 is 2.65 bits per heavy atom. The number of pyridine rings is 1. The van der Waals surface area contributed by atoms with Gasteiger partial charge in [0.05, 0.1) is 12.1 Å². The number of rotatable bonds is 9. The highest BCUT2D eigenvalue weighted by molar-refractivity contribution is 7.98. The van der Waals surface area contributed by atoms with Crippen LogP contribution < -0.4 is 10.6 Å². The number of amides is 2. The molecule has 2 N–H and O–H groups in total. The normalized spacial score (nSPS) is 14.9. The molecule has 1 saturated heterocycles. The van der Waals surface area contributed by atoms with Crippen LogP contribution in [0, 0.1) is 5.82 Å². The molecule has 2 aromatic rings. The zero-order valence-electron chi connectivity index (χ0n) is 17.8. The molecule has 0 radical (unpaired) electrons. The summed E-state index contributed by atoms with van der Waals surface area (Å²) in [7, 11) is 0. The maximum absolute atomic E-state index is 13.1. The lowest BCUT2D eigenvalue weighted by Crippen LogP contribution is -2.47. The van der Waals surface area contributed by atoms with Crippen LogP contribution in [0.4, 0.5) is 4.39 Å². The molecule has 3 rings (SSSR count). The maximum Gasteiger partial charge on any atom is 0.254 e. The van der Waals surface area contributed by atoms with Crippen molar-refractivity contribution in [1.29, 1.82) is 0 Å². The second-order valence-corrected chi connectivity index (χ2v) is 8.61. The minimum Gasteiger partial charge on any atom is -0.355 e. The number of piperidine rings is 1. The molecule has 0 spiro atoms. The monoisotopic (exact) mass is 444 g/mol. The molecule has 8 heteroatoms. The fourth-order valence-corrected chi connectivity index (χ4v) is 4.38. The summed E-state index contributed by atoms with van der Waals surface area (Å²) in [5.41, 5.74) is 1.52. The number of likely N-dealkylation sites (tertiary alicyclic amines) is 1. The summed E-state index contributed by atoms with van der Waals surface area (Å²) >= 11 is 1.46. The zero-order chi connectivity index (χ0) is 22.1. The molecule has 1 aliphatic rings. The predicted octanol–water partition coefficient (Wildman–Crippen LogP) is 3.23. The van der Waals surface area contributed by atoms with Gasteiger partial charge in [-0.25, -0.2) is 9.37 Å². The van der Waals surface area contributed by atoms with Crippen molar-refractivity contribution in [2.24, 2.45) is 0 Å².